The summed E-state index contributed by atoms with van der Waals surface area (Å²) in [5.74, 6) is 1.08. The predicted molar refractivity (Wildman–Crippen MR) is 78.0 cm³/mol. The van der Waals surface area contributed by atoms with E-state index >= 15 is 0 Å². The Morgan fingerprint density at radius 2 is 2.00 bits per heavy atom. The van der Waals surface area contributed by atoms with Gasteiger partial charge in [0.1, 0.15) is 5.82 Å². The van der Waals surface area contributed by atoms with Crippen molar-refractivity contribution < 1.29 is 0 Å². The first kappa shape index (κ1) is 12.4. The van der Waals surface area contributed by atoms with Crippen molar-refractivity contribution in [2.75, 3.05) is 7.05 Å². The quantitative estimate of drug-likeness (QED) is 0.914. The smallest absolute Gasteiger partial charge is 0.122 e. The summed E-state index contributed by atoms with van der Waals surface area (Å²) in [6.07, 6.45) is 7.12. The monoisotopic (exact) mass is 255 g/mol. The highest BCUT2D eigenvalue weighted by atomic mass is 15.1. The molecule has 1 aromatic carbocycles. The Balaban J connectivity index is 1.98. The van der Waals surface area contributed by atoms with E-state index in [2.05, 4.69) is 40.1 Å². The second-order valence-electron chi connectivity index (χ2n) is 5.34. The van der Waals surface area contributed by atoms with E-state index < -0.39 is 0 Å². The van der Waals surface area contributed by atoms with E-state index in [1.165, 1.54) is 48.1 Å². The summed E-state index contributed by atoms with van der Waals surface area (Å²) in [4.78, 5) is 4.49. The number of aryl methyl sites for hydroxylation is 2. The molecular formula is C16H21N3. The van der Waals surface area contributed by atoms with Gasteiger partial charge in [-0.25, -0.2) is 4.98 Å². The first-order valence-corrected chi connectivity index (χ1v) is 7.07. The largest absolute Gasteiger partial charge is 0.330 e. The predicted octanol–water partition coefficient (Wildman–Crippen LogP) is 2.69. The third kappa shape index (κ3) is 2.30. The lowest BCUT2D eigenvalue weighted by molar-refractivity contribution is 0.685. The zero-order chi connectivity index (χ0) is 13.2. The summed E-state index contributed by atoms with van der Waals surface area (Å²) >= 11 is 0. The lowest BCUT2D eigenvalue weighted by atomic mass is 9.90. The molecule has 0 saturated heterocycles. The van der Waals surface area contributed by atoms with Crippen LogP contribution in [0.25, 0.3) is 11.3 Å². The van der Waals surface area contributed by atoms with Gasteiger partial charge in [0, 0.05) is 12.6 Å². The van der Waals surface area contributed by atoms with Crippen molar-refractivity contribution in [1.29, 1.82) is 0 Å². The van der Waals surface area contributed by atoms with E-state index in [1.54, 1.807) is 0 Å². The molecule has 0 saturated carbocycles. The van der Waals surface area contributed by atoms with Crippen molar-refractivity contribution in [3.63, 3.8) is 0 Å². The number of hydrogen-bond acceptors (Lipinski definition) is 2. The molecule has 0 atom stereocenters. The number of rotatable bonds is 3. The molecule has 3 nitrogen and oxygen atoms in total. The Morgan fingerprint density at radius 3 is 2.79 bits per heavy atom. The first-order valence-electron chi connectivity index (χ1n) is 7.07. The summed E-state index contributed by atoms with van der Waals surface area (Å²) < 4.78 is 2.18. The average molecular weight is 255 g/mol. The van der Waals surface area contributed by atoms with Crippen LogP contribution in [0.3, 0.4) is 0 Å². The van der Waals surface area contributed by atoms with Gasteiger partial charge in [-0.2, -0.15) is 0 Å². The van der Waals surface area contributed by atoms with Gasteiger partial charge >= 0.3 is 0 Å². The zero-order valence-electron chi connectivity index (χ0n) is 11.7. The minimum absolute atomic E-state index is 0.807. The molecule has 0 bridgehead atoms. The van der Waals surface area contributed by atoms with Crippen LogP contribution >= 0.6 is 0 Å². The Kier molecular flexibility index (Phi) is 3.38. The Labute approximate surface area is 114 Å². The van der Waals surface area contributed by atoms with E-state index in [1.807, 2.05) is 13.2 Å². The van der Waals surface area contributed by atoms with Crippen molar-refractivity contribution in [2.45, 2.75) is 32.2 Å². The van der Waals surface area contributed by atoms with Gasteiger partial charge in [0.25, 0.3) is 0 Å². The lowest BCUT2D eigenvalue weighted by Gasteiger charge is -2.16. The molecule has 1 aliphatic carbocycles. The van der Waals surface area contributed by atoms with Gasteiger partial charge in [-0.1, -0.05) is 12.1 Å². The summed E-state index contributed by atoms with van der Waals surface area (Å²) in [5, 5.41) is 3.16. The molecule has 1 N–H and O–H groups in total. The third-order valence-corrected chi connectivity index (χ3v) is 4.06. The van der Waals surface area contributed by atoms with Crippen LogP contribution in [0.4, 0.5) is 0 Å². The Hall–Kier alpha value is -1.61. The Morgan fingerprint density at radius 1 is 1.21 bits per heavy atom. The second kappa shape index (κ2) is 5.17. The highest BCUT2D eigenvalue weighted by Gasteiger charge is 2.12. The van der Waals surface area contributed by atoms with Gasteiger partial charge in [0.2, 0.25) is 0 Å². The Bertz CT molecular complexity index is 584. The number of fused-ring (bicyclic) bond motifs is 1. The van der Waals surface area contributed by atoms with Crippen LogP contribution in [0.15, 0.2) is 24.4 Å². The fourth-order valence-corrected chi connectivity index (χ4v) is 2.93. The van der Waals surface area contributed by atoms with Gasteiger partial charge < -0.3 is 9.88 Å². The number of hydrogen-bond donors (Lipinski definition) is 1. The molecule has 1 aromatic heterocycles. The second-order valence-corrected chi connectivity index (χ2v) is 5.34. The van der Waals surface area contributed by atoms with Crippen LogP contribution in [0.5, 0.6) is 0 Å². The standard InChI is InChI=1S/C16H21N3/c1-17-11-16-18-10-15(19(16)2)14-8-7-12-5-3-4-6-13(12)9-14/h7-10,17H,3-6,11H2,1-2H3. The van der Waals surface area contributed by atoms with E-state index in [0.717, 1.165) is 12.4 Å². The first-order chi connectivity index (χ1) is 9.29. The summed E-state index contributed by atoms with van der Waals surface area (Å²) in [5.41, 5.74) is 5.56. The topological polar surface area (TPSA) is 29.9 Å². The van der Waals surface area contributed by atoms with Crippen LogP contribution in [0.1, 0.15) is 29.8 Å². The molecule has 19 heavy (non-hydrogen) atoms. The van der Waals surface area contributed by atoms with Crippen LogP contribution in [0, 0.1) is 0 Å². The van der Waals surface area contributed by atoms with Gasteiger partial charge in [0.15, 0.2) is 0 Å². The van der Waals surface area contributed by atoms with E-state index in [4.69, 9.17) is 0 Å². The molecular weight excluding hydrogens is 234 g/mol. The summed E-state index contributed by atoms with van der Waals surface area (Å²) in [7, 11) is 4.04. The van der Waals surface area contributed by atoms with Crippen LogP contribution in [0.2, 0.25) is 0 Å². The van der Waals surface area contributed by atoms with Crippen LogP contribution < -0.4 is 5.32 Å². The highest BCUT2D eigenvalue weighted by molar-refractivity contribution is 5.61. The molecule has 0 unspecified atom stereocenters. The minimum atomic E-state index is 0.807. The maximum Gasteiger partial charge on any atom is 0.122 e. The van der Waals surface area contributed by atoms with Crippen molar-refractivity contribution >= 4 is 0 Å². The van der Waals surface area contributed by atoms with Crippen molar-refractivity contribution in [2.24, 2.45) is 7.05 Å². The van der Waals surface area contributed by atoms with Gasteiger partial charge in [0.05, 0.1) is 18.4 Å². The fourth-order valence-electron chi connectivity index (χ4n) is 2.93. The minimum Gasteiger partial charge on any atom is -0.330 e. The fraction of sp³-hybridized carbons (Fsp3) is 0.438. The van der Waals surface area contributed by atoms with E-state index in [-0.39, 0.29) is 0 Å². The number of benzene rings is 1. The van der Waals surface area contributed by atoms with Gasteiger partial charge in [-0.15, -0.1) is 0 Å². The van der Waals surface area contributed by atoms with E-state index in [0.29, 0.717) is 0 Å². The third-order valence-electron chi connectivity index (χ3n) is 4.06. The lowest BCUT2D eigenvalue weighted by Crippen LogP contribution is -2.10. The highest BCUT2D eigenvalue weighted by Crippen LogP contribution is 2.27. The molecule has 0 aliphatic heterocycles. The SMILES string of the molecule is CNCc1ncc(-c2ccc3c(c2)CCCC3)n1C. The molecule has 0 amide bonds. The number of imidazole rings is 1. The molecule has 100 valence electrons. The molecule has 0 fully saturated rings. The molecule has 3 heteroatoms. The molecule has 2 aromatic rings. The molecule has 1 heterocycles. The van der Waals surface area contributed by atoms with Gasteiger partial charge in [-0.3, -0.25) is 0 Å². The molecule has 3 rings (SSSR count). The van der Waals surface area contributed by atoms with Crippen LogP contribution in [-0.4, -0.2) is 16.6 Å². The maximum absolute atomic E-state index is 4.49. The molecule has 0 spiro atoms. The normalized spacial score (nSPS) is 14.4. The molecule has 1 aliphatic rings. The maximum atomic E-state index is 4.49. The summed E-state index contributed by atoms with van der Waals surface area (Å²) in [6, 6.07) is 6.90. The summed E-state index contributed by atoms with van der Waals surface area (Å²) in [6.45, 7) is 0.807. The van der Waals surface area contributed by atoms with Crippen LogP contribution in [-0.2, 0) is 26.4 Å². The van der Waals surface area contributed by atoms with Gasteiger partial charge in [-0.05, 0) is 49.9 Å². The number of nitrogens with zero attached hydrogens (tertiary/aromatic N) is 2. The average Bonchev–Trinajstić information content (AvgIpc) is 2.80. The number of nitrogens with one attached hydrogen (secondary N) is 1. The molecule has 0 radical (unpaired) electrons. The zero-order valence-corrected chi connectivity index (χ0v) is 11.7. The van der Waals surface area contributed by atoms with E-state index in [9.17, 15) is 0 Å². The van der Waals surface area contributed by atoms with Crippen molar-refractivity contribution in [1.82, 2.24) is 14.9 Å². The number of aromatic nitrogens is 2. The van der Waals surface area contributed by atoms with Crippen molar-refractivity contribution in [3.05, 3.63) is 41.3 Å². The van der Waals surface area contributed by atoms with Crippen molar-refractivity contribution in [3.8, 4) is 11.3 Å².